The molecule has 0 fully saturated rings. The maximum atomic E-state index is 5.93. The second kappa shape index (κ2) is 9.09. The zero-order valence-electron chi connectivity index (χ0n) is 13.2. The van der Waals surface area contributed by atoms with E-state index in [4.69, 9.17) is 5.73 Å². The number of anilines is 1. The lowest BCUT2D eigenvalue weighted by molar-refractivity contribution is 0.867. The van der Waals surface area contributed by atoms with E-state index in [9.17, 15) is 0 Å². The van der Waals surface area contributed by atoms with Crippen molar-refractivity contribution in [2.24, 2.45) is 10.7 Å². The van der Waals surface area contributed by atoms with Gasteiger partial charge in [0.05, 0.1) is 17.2 Å². The Morgan fingerprint density at radius 3 is 2.82 bits per heavy atom. The maximum Gasteiger partial charge on any atom is 0.193 e. The Balaban J connectivity index is 0.00000242. The smallest absolute Gasteiger partial charge is 0.193 e. The minimum atomic E-state index is 0. The van der Waals surface area contributed by atoms with Crippen LogP contribution >= 0.6 is 35.3 Å². The van der Waals surface area contributed by atoms with Gasteiger partial charge in [-0.15, -0.1) is 35.3 Å². The topological polar surface area (TPSA) is 63.3 Å². The quantitative estimate of drug-likeness (QED) is 0.421. The fourth-order valence-electron chi connectivity index (χ4n) is 1.91. The number of aryl methyl sites for hydroxylation is 1. The Kier molecular flexibility index (Phi) is 7.81. The minimum absolute atomic E-state index is 0. The average molecular weight is 430 g/mol. The van der Waals surface area contributed by atoms with Crippen LogP contribution in [-0.2, 0) is 13.0 Å². The van der Waals surface area contributed by atoms with Crippen molar-refractivity contribution in [2.75, 3.05) is 5.32 Å². The Labute approximate surface area is 153 Å². The first-order chi connectivity index (χ1) is 10.1. The van der Waals surface area contributed by atoms with Crippen molar-refractivity contribution >= 4 is 47.0 Å². The molecule has 0 bridgehead atoms. The third-order valence-electron chi connectivity index (χ3n) is 3.14. The lowest BCUT2D eigenvalue weighted by Crippen LogP contribution is -2.22. The number of aliphatic imine (C=N–C) groups is 1. The molecule has 0 atom stereocenters. The first-order valence-corrected chi connectivity index (χ1v) is 8.06. The van der Waals surface area contributed by atoms with E-state index in [0.29, 0.717) is 18.4 Å². The summed E-state index contributed by atoms with van der Waals surface area (Å²) in [6, 6.07) is 8.24. The standard InChI is InChI=1S/C16H22N4S.HI/c1-4-15-19-14(10-21-15)9-18-16(17)20-13-7-5-6-12(8-13)11(2)3;/h5-8,10-11H,4,9H2,1-3H3,(H3,17,18,20);1H. The fourth-order valence-corrected chi connectivity index (χ4v) is 2.65. The van der Waals surface area contributed by atoms with Crippen LogP contribution in [0.25, 0.3) is 0 Å². The summed E-state index contributed by atoms with van der Waals surface area (Å²) >= 11 is 1.67. The summed E-state index contributed by atoms with van der Waals surface area (Å²) in [6.07, 6.45) is 0.962. The van der Waals surface area contributed by atoms with Gasteiger partial charge in [-0.25, -0.2) is 9.98 Å². The number of nitrogens with zero attached hydrogens (tertiary/aromatic N) is 2. The van der Waals surface area contributed by atoms with Gasteiger partial charge in [-0.3, -0.25) is 0 Å². The highest BCUT2D eigenvalue weighted by Crippen LogP contribution is 2.18. The van der Waals surface area contributed by atoms with Crippen LogP contribution in [0.2, 0.25) is 0 Å². The summed E-state index contributed by atoms with van der Waals surface area (Å²) in [5.41, 5.74) is 9.15. The van der Waals surface area contributed by atoms with Crippen LogP contribution in [0.1, 0.15) is 43.0 Å². The molecule has 0 aliphatic carbocycles. The second-order valence-corrected chi connectivity index (χ2v) is 6.14. The summed E-state index contributed by atoms with van der Waals surface area (Å²) in [6.45, 7) is 6.96. The molecule has 2 aromatic rings. The molecule has 0 radical (unpaired) electrons. The lowest BCUT2D eigenvalue weighted by Gasteiger charge is -2.09. The third kappa shape index (κ3) is 5.57. The van der Waals surface area contributed by atoms with Crippen molar-refractivity contribution in [2.45, 2.75) is 39.7 Å². The minimum Gasteiger partial charge on any atom is -0.370 e. The van der Waals surface area contributed by atoms with Crippen LogP contribution < -0.4 is 11.1 Å². The fraction of sp³-hybridized carbons (Fsp3) is 0.375. The third-order valence-corrected chi connectivity index (χ3v) is 4.18. The molecule has 3 N–H and O–H groups in total. The van der Waals surface area contributed by atoms with E-state index in [2.05, 4.69) is 48.2 Å². The van der Waals surface area contributed by atoms with Crippen LogP contribution in [0.3, 0.4) is 0 Å². The van der Waals surface area contributed by atoms with Crippen LogP contribution in [0, 0.1) is 0 Å². The van der Waals surface area contributed by atoms with Gasteiger partial charge in [0.1, 0.15) is 0 Å². The number of halogens is 1. The number of thiazole rings is 1. The largest absolute Gasteiger partial charge is 0.370 e. The van der Waals surface area contributed by atoms with E-state index in [0.717, 1.165) is 22.8 Å². The first kappa shape index (κ1) is 18.9. The van der Waals surface area contributed by atoms with Gasteiger partial charge in [-0.1, -0.05) is 32.9 Å². The molecule has 0 saturated carbocycles. The molecule has 0 aliphatic heterocycles. The molecule has 120 valence electrons. The molecule has 4 nitrogen and oxygen atoms in total. The van der Waals surface area contributed by atoms with E-state index in [1.807, 2.05) is 17.5 Å². The summed E-state index contributed by atoms with van der Waals surface area (Å²) < 4.78 is 0. The zero-order valence-corrected chi connectivity index (χ0v) is 16.3. The van der Waals surface area contributed by atoms with E-state index >= 15 is 0 Å². The predicted molar refractivity (Wildman–Crippen MR) is 106 cm³/mol. The number of aromatic nitrogens is 1. The SMILES string of the molecule is CCc1nc(CN=C(N)Nc2cccc(C(C)C)c2)cs1.I. The summed E-state index contributed by atoms with van der Waals surface area (Å²) in [5.74, 6) is 0.911. The van der Waals surface area contributed by atoms with Crippen LogP contribution in [0.5, 0.6) is 0 Å². The van der Waals surface area contributed by atoms with Crippen LogP contribution in [0.15, 0.2) is 34.6 Å². The van der Waals surface area contributed by atoms with Crippen molar-refractivity contribution in [3.8, 4) is 0 Å². The number of hydrogen-bond acceptors (Lipinski definition) is 3. The summed E-state index contributed by atoms with van der Waals surface area (Å²) in [7, 11) is 0. The molecule has 2 rings (SSSR count). The normalized spacial score (nSPS) is 11.4. The number of rotatable bonds is 5. The molecule has 6 heteroatoms. The molecule has 0 unspecified atom stereocenters. The monoisotopic (exact) mass is 430 g/mol. The average Bonchev–Trinajstić information content (AvgIpc) is 2.93. The van der Waals surface area contributed by atoms with Gasteiger partial charge in [0.15, 0.2) is 5.96 Å². The van der Waals surface area contributed by atoms with Gasteiger partial charge in [-0.05, 0) is 30.0 Å². The predicted octanol–water partition coefficient (Wildman–Crippen LogP) is 4.37. The number of nitrogens with one attached hydrogen (secondary N) is 1. The molecule has 0 amide bonds. The van der Waals surface area contributed by atoms with E-state index in [1.54, 1.807) is 11.3 Å². The molecule has 22 heavy (non-hydrogen) atoms. The van der Waals surface area contributed by atoms with E-state index in [-0.39, 0.29) is 24.0 Å². The van der Waals surface area contributed by atoms with Crippen molar-refractivity contribution < 1.29 is 0 Å². The highest BCUT2D eigenvalue weighted by Gasteiger charge is 2.02. The number of hydrogen-bond donors (Lipinski definition) is 2. The van der Waals surface area contributed by atoms with Crippen molar-refractivity contribution in [3.63, 3.8) is 0 Å². The van der Waals surface area contributed by atoms with Gasteiger partial charge in [0.2, 0.25) is 0 Å². The molecule has 1 heterocycles. The zero-order chi connectivity index (χ0) is 15.2. The molecule has 0 spiro atoms. The molecule has 0 aliphatic rings. The van der Waals surface area contributed by atoms with Gasteiger partial charge >= 0.3 is 0 Å². The van der Waals surface area contributed by atoms with Gasteiger partial charge in [0.25, 0.3) is 0 Å². The number of guanidine groups is 1. The number of nitrogens with two attached hydrogens (primary N) is 1. The first-order valence-electron chi connectivity index (χ1n) is 7.18. The molecular formula is C16H23IN4S. The summed E-state index contributed by atoms with van der Waals surface area (Å²) in [4.78, 5) is 8.81. The Morgan fingerprint density at radius 2 is 2.18 bits per heavy atom. The molecular weight excluding hydrogens is 407 g/mol. The lowest BCUT2D eigenvalue weighted by atomic mass is 10.0. The maximum absolute atomic E-state index is 5.93. The highest BCUT2D eigenvalue weighted by atomic mass is 127. The molecule has 1 aromatic heterocycles. The van der Waals surface area contributed by atoms with E-state index < -0.39 is 0 Å². The Morgan fingerprint density at radius 1 is 1.41 bits per heavy atom. The Bertz CT molecular complexity index is 622. The summed E-state index contributed by atoms with van der Waals surface area (Å²) in [5, 5.41) is 6.30. The van der Waals surface area contributed by atoms with Gasteiger partial charge < -0.3 is 11.1 Å². The molecule has 1 aromatic carbocycles. The van der Waals surface area contributed by atoms with E-state index in [1.165, 1.54) is 5.56 Å². The van der Waals surface area contributed by atoms with Gasteiger partial charge in [-0.2, -0.15) is 0 Å². The molecule has 0 saturated heterocycles. The highest BCUT2D eigenvalue weighted by molar-refractivity contribution is 14.0. The number of benzene rings is 1. The van der Waals surface area contributed by atoms with Crippen molar-refractivity contribution in [3.05, 3.63) is 45.9 Å². The van der Waals surface area contributed by atoms with Crippen molar-refractivity contribution in [1.29, 1.82) is 0 Å². The van der Waals surface area contributed by atoms with Crippen LogP contribution in [-0.4, -0.2) is 10.9 Å². The Hall–Kier alpha value is -1.15. The van der Waals surface area contributed by atoms with Gasteiger partial charge in [0, 0.05) is 11.1 Å². The second-order valence-electron chi connectivity index (χ2n) is 5.19. The van der Waals surface area contributed by atoms with Crippen LogP contribution in [0.4, 0.5) is 5.69 Å². The van der Waals surface area contributed by atoms with Crippen molar-refractivity contribution in [1.82, 2.24) is 4.98 Å².